The number of halogens is 1. The van der Waals surface area contributed by atoms with Crippen molar-refractivity contribution in [3.63, 3.8) is 0 Å². The number of nitrogens with one attached hydrogen (secondary N) is 1. The van der Waals surface area contributed by atoms with Crippen molar-refractivity contribution < 1.29 is 0 Å². The van der Waals surface area contributed by atoms with Crippen molar-refractivity contribution in [3.05, 3.63) is 17.2 Å². The van der Waals surface area contributed by atoms with Crippen molar-refractivity contribution in [2.75, 3.05) is 0 Å². The molecule has 0 unspecified atom stereocenters. The predicted molar refractivity (Wildman–Crippen MR) is 46.8 cm³/mol. The lowest BCUT2D eigenvalue weighted by Crippen LogP contribution is -2.10. The molecule has 0 saturated heterocycles. The van der Waals surface area contributed by atoms with E-state index in [-0.39, 0.29) is 5.41 Å². The summed E-state index contributed by atoms with van der Waals surface area (Å²) in [6.07, 6.45) is 2.57. The summed E-state index contributed by atoms with van der Waals surface area (Å²) in [6, 6.07) is 0. The first-order chi connectivity index (χ1) is 4.97. The largest absolute Gasteiger partial charge is 0.333 e. The molecule has 0 spiro atoms. The second-order valence-electron chi connectivity index (χ2n) is 3.92. The third kappa shape index (κ3) is 2.93. The molecule has 0 aliphatic heterocycles. The molecule has 1 aromatic rings. The third-order valence-corrected chi connectivity index (χ3v) is 1.49. The third-order valence-electron chi connectivity index (χ3n) is 1.30. The van der Waals surface area contributed by atoms with Gasteiger partial charge in [-0.3, -0.25) is 0 Å². The summed E-state index contributed by atoms with van der Waals surface area (Å²) in [5.41, 5.74) is 0.265. The molecule has 62 valence electrons. The van der Waals surface area contributed by atoms with Gasteiger partial charge in [-0.05, 0) is 5.41 Å². The Bertz CT molecular complexity index is 234. The van der Waals surface area contributed by atoms with E-state index in [0.29, 0.717) is 5.15 Å². The topological polar surface area (TPSA) is 28.7 Å². The van der Waals surface area contributed by atoms with E-state index < -0.39 is 0 Å². The number of hydrogen-bond donors (Lipinski definition) is 1. The van der Waals surface area contributed by atoms with Gasteiger partial charge >= 0.3 is 0 Å². The highest BCUT2D eigenvalue weighted by Gasteiger charge is 2.12. The normalized spacial score (nSPS) is 12.0. The minimum Gasteiger partial charge on any atom is -0.333 e. The molecule has 0 aromatic carbocycles. The van der Waals surface area contributed by atoms with Crippen LogP contribution in [-0.4, -0.2) is 9.97 Å². The first-order valence-electron chi connectivity index (χ1n) is 3.67. The highest BCUT2D eigenvalue weighted by Crippen LogP contribution is 2.19. The van der Waals surface area contributed by atoms with Gasteiger partial charge < -0.3 is 4.98 Å². The summed E-state index contributed by atoms with van der Waals surface area (Å²) >= 11 is 5.67. The van der Waals surface area contributed by atoms with Crippen LogP contribution in [0.1, 0.15) is 26.6 Å². The number of imidazole rings is 1. The average molecular weight is 173 g/mol. The molecule has 0 saturated carbocycles. The maximum Gasteiger partial charge on any atom is 0.126 e. The van der Waals surface area contributed by atoms with Gasteiger partial charge in [-0.25, -0.2) is 4.98 Å². The van der Waals surface area contributed by atoms with Crippen LogP contribution in [0.3, 0.4) is 0 Å². The lowest BCUT2D eigenvalue weighted by atomic mass is 9.92. The van der Waals surface area contributed by atoms with Crippen LogP contribution in [-0.2, 0) is 6.42 Å². The Labute approximate surface area is 72.0 Å². The van der Waals surface area contributed by atoms with Crippen LogP contribution in [0.5, 0.6) is 0 Å². The first-order valence-corrected chi connectivity index (χ1v) is 4.04. The summed E-state index contributed by atoms with van der Waals surface area (Å²) < 4.78 is 0. The molecule has 1 aromatic heterocycles. The van der Waals surface area contributed by atoms with Gasteiger partial charge in [-0.1, -0.05) is 32.4 Å². The Morgan fingerprint density at radius 1 is 1.55 bits per heavy atom. The molecule has 0 amide bonds. The summed E-state index contributed by atoms with van der Waals surface area (Å²) in [4.78, 5) is 7.10. The molecule has 0 radical (unpaired) electrons. The molecule has 1 rings (SSSR count). The maximum absolute atomic E-state index is 5.67. The summed E-state index contributed by atoms with van der Waals surface area (Å²) in [5.74, 6) is 0.961. The lowest BCUT2D eigenvalue weighted by Gasteiger charge is -2.15. The summed E-state index contributed by atoms with van der Waals surface area (Å²) in [5, 5.41) is 0.615. The van der Waals surface area contributed by atoms with Crippen LogP contribution in [0, 0.1) is 5.41 Å². The number of rotatable bonds is 1. The fourth-order valence-corrected chi connectivity index (χ4v) is 1.09. The van der Waals surface area contributed by atoms with Gasteiger partial charge in [0.05, 0.1) is 6.20 Å². The quantitative estimate of drug-likeness (QED) is 0.693. The monoisotopic (exact) mass is 172 g/mol. The number of aromatic nitrogens is 2. The second-order valence-corrected chi connectivity index (χ2v) is 4.32. The molecule has 0 bridgehead atoms. The van der Waals surface area contributed by atoms with Gasteiger partial charge in [0.2, 0.25) is 0 Å². The van der Waals surface area contributed by atoms with E-state index in [1.165, 1.54) is 0 Å². The minimum absolute atomic E-state index is 0.265. The van der Waals surface area contributed by atoms with E-state index in [4.69, 9.17) is 11.6 Å². The van der Waals surface area contributed by atoms with Crippen LogP contribution in [0.15, 0.2) is 6.20 Å². The Balaban J connectivity index is 2.65. The van der Waals surface area contributed by atoms with Crippen molar-refractivity contribution in [3.8, 4) is 0 Å². The Morgan fingerprint density at radius 2 is 2.18 bits per heavy atom. The van der Waals surface area contributed by atoms with E-state index in [1.54, 1.807) is 6.20 Å². The van der Waals surface area contributed by atoms with Crippen LogP contribution < -0.4 is 0 Å². The number of aromatic amines is 1. The predicted octanol–water partition coefficient (Wildman–Crippen LogP) is 2.65. The van der Waals surface area contributed by atoms with Crippen molar-refractivity contribution in [1.29, 1.82) is 0 Å². The van der Waals surface area contributed by atoms with Gasteiger partial charge in [0.1, 0.15) is 11.0 Å². The second kappa shape index (κ2) is 2.86. The molecule has 3 heteroatoms. The molecule has 0 atom stereocenters. The summed E-state index contributed by atoms with van der Waals surface area (Å²) in [7, 11) is 0. The van der Waals surface area contributed by atoms with E-state index in [2.05, 4.69) is 30.7 Å². The number of hydrogen-bond acceptors (Lipinski definition) is 1. The smallest absolute Gasteiger partial charge is 0.126 e. The van der Waals surface area contributed by atoms with Gasteiger partial charge in [0.15, 0.2) is 0 Å². The van der Waals surface area contributed by atoms with Crippen LogP contribution in [0.25, 0.3) is 0 Å². The highest BCUT2D eigenvalue weighted by atomic mass is 35.5. The van der Waals surface area contributed by atoms with Gasteiger partial charge in [-0.15, -0.1) is 0 Å². The SMILES string of the molecule is CC(C)(C)Cc1ncc(Cl)[nH]1. The standard InChI is InChI=1S/C8H13ClN2/c1-8(2,3)4-7-10-5-6(9)11-7/h5H,4H2,1-3H3,(H,10,11). The molecule has 1 N–H and O–H groups in total. The Kier molecular flexibility index (Phi) is 2.23. The van der Waals surface area contributed by atoms with Crippen LogP contribution in [0.2, 0.25) is 5.15 Å². The van der Waals surface area contributed by atoms with E-state index in [0.717, 1.165) is 12.2 Å². The molecule has 0 aliphatic carbocycles. The minimum atomic E-state index is 0.265. The van der Waals surface area contributed by atoms with E-state index in [1.807, 2.05) is 0 Å². The van der Waals surface area contributed by atoms with E-state index in [9.17, 15) is 0 Å². The molecule has 1 heterocycles. The first kappa shape index (κ1) is 8.60. The fraction of sp³-hybridized carbons (Fsp3) is 0.625. The molecular formula is C8H13ClN2. The van der Waals surface area contributed by atoms with Crippen molar-refractivity contribution in [2.24, 2.45) is 5.41 Å². The molecule has 0 aliphatic rings. The average Bonchev–Trinajstić information content (AvgIpc) is 2.10. The highest BCUT2D eigenvalue weighted by molar-refractivity contribution is 6.29. The van der Waals surface area contributed by atoms with Crippen molar-refractivity contribution >= 4 is 11.6 Å². The van der Waals surface area contributed by atoms with E-state index >= 15 is 0 Å². The zero-order valence-corrected chi connectivity index (χ0v) is 7.87. The molecule has 11 heavy (non-hydrogen) atoms. The van der Waals surface area contributed by atoms with Crippen molar-refractivity contribution in [2.45, 2.75) is 27.2 Å². The van der Waals surface area contributed by atoms with Gasteiger partial charge in [-0.2, -0.15) is 0 Å². The van der Waals surface area contributed by atoms with Crippen LogP contribution >= 0.6 is 11.6 Å². The molecule has 2 nitrogen and oxygen atoms in total. The maximum atomic E-state index is 5.67. The fourth-order valence-electron chi connectivity index (χ4n) is 0.929. The van der Waals surface area contributed by atoms with Crippen LogP contribution in [0.4, 0.5) is 0 Å². The zero-order valence-electron chi connectivity index (χ0n) is 7.11. The van der Waals surface area contributed by atoms with Gasteiger partial charge in [0, 0.05) is 6.42 Å². The number of H-pyrrole nitrogens is 1. The Morgan fingerprint density at radius 3 is 2.55 bits per heavy atom. The Hall–Kier alpha value is -0.500. The van der Waals surface area contributed by atoms with Gasteiger partial charge in [0.25, 0.3) is 0 Å². The molecular weight excluding hydrogens is 160 g/mol. The van der Waals surface area contributed by atoms with Crippen molar-refractivity contribution in [1.82, 2.24) is 9.97 Å². The lowest BCUT2D eigenvalue weighted by molar-refractivity contribution is 0.402. The molecule has 0 fully saturated rings. The number of nitrogens with zero attached hydrogens (tertiary/aromatic N) is 1. The summed E-state index contributed by atoms with van der Waals surface area (Å²) in [6.45, 7) is 6.51. The zero-order chi connectivity index (χ0) is 8.48.